The summed E-state index contributed by atoms with van der Waals surface area (Å²) in [4.78, 5) is 8.04. The normalized spacial score (nSPS) is 13.0. The fourth-order valence-corrected chi connectivity index (χ4v) is 1.29. The van der Waals surface area contributed by atoms with Crippen molar-refractivity contribution < 1.29 is 0 Å². The lowest BCUT2D eigenvalue weighted by Crippen LogP contribution is -1.85. The molecule has 2 nitrogen and oxygen atoms in total. The van der Waals surface area contributed by atoms with E-state index in [1.165, 1.54) is 5.57 Å². The third-order valence-corrected chi connectivity index (χ3v) is 2.13. The predicted molar refractivity (Wildman–Crippen MR) is 73.6 cm³/mol. The van der Waals surface area contributed by atoms with Gasteiger partial charge in [0, 0.05) is 19.2 Å². The molecule has 0 unspecified atom stereocenters. The average Bonchev–Trinajstić information content (AvgIpc) is 2.25. The second-order valence-corrected chi connectivity index (χ2v) is 3.51. The second kappa shape index (κ2) is 10.8. The lowest BCUT2D eigenvalue weighted by Gasteiger charge is -1.92. The molecule has 0 radical (unpaired) electrons. The number of allylic oxidation sites excluding steroid dienone is 3. The van der Waals surface area contributed by atoms with Gasteiger partial charge >= 0.3 is 0 Å². The van der Waals surface area contributed by atoms with Crippen molar-refractivity contribution in [2.45, 2.75) is 13.3 Å². The van der Waals surface area contributed by atoms with E-state index < -0.39 is 0 Å². The summed E-state index contributed by atoms with van der Waals surface area (Å²) in [6, 6.07) is 0. The third-order valence-electron chi connectivity index (χ3n) is 1.44. The molecule has 0 amide bonds. The van der Waals surface area contributed by atoms with Crippen LogP contribution in [-0.4, -0.2) is 24.9 Å². The van der Waals surface area contributed by atoms with Crippen LogP contribution in [0.4, 0.5) is 0 Å². The molecule has 0 aliphatic heterocycles. The Hall–Kier alpha value is -1.27. The van der Waals surface area contributed by atoms with Gasteiger partial charge in [-0.3, -0.25) is 4.99 Å². The summed E-state index contributed by atoms with van der Waals surface area (Å²) in [5.41, 5.74) is 1.18. The van der Waals surface area contributed by atoms with Crippen LogP contribution in [0.25, 0.3) is 0 Å². The largest absolute Gasteiger partial charge is 0.274 e. The van der Waals surface area contributed by atoms with E-state index in [4.69, 9.17) is 0 Å². The summed E-state index contributed by atoms with van der Waals surface area (Å²) in [7, 11) is 1.10. The molecule has 0 saturated carbocycles. The summed E-state index contributed by atoms with van der Waals surface area (Å²) >= 11 is 0. The quantitative estimate of drug-likeness (QED) is 0.271. The van der Waals surface area contributed by atoms with E-state index in [0.717, 1.165) is 21.2 Å². The third kappa shape index (κ3) is 9.04. The first-order chi connectivity index (χ1) is 7.35. The highest BCUT2D eigenvalue weighted by Crippen LogP contribution is 2.03. The minimum atomic E-state index is 0.772. The molecule has 15 heavy (non-hydrogen) atoms. The van der Waals surface area contributed by atoms with Gasteiger partial charge in [-0.1, -0.05) is 33.5 Å². The summed E-state index contributed by atoms with van der Waals surface area (Å²) in [6.45, 7) is 10.1. The molecule has 0 heterocycles. The van der Waals surface area contributed by atoms with Crippen LogP contribution in [0.2, 0.25) is 0 Å². The Bertz CT molecular complexity index is 299. The summed E-state index contributed by atoms with van der Waals surface area (Å²) in [5, 5.41) is 0. The standard InChI is InChI=1S/C12H17N2P/c1-4-7-12(10-15-6-3)8-9-14-11-13-5-2/h4,6-7,9-11H,1,3,5,8H2,2H3/b12-7-,13-11-,14-9-. The Labute approximate surface area is 93.6 Å². The molecule has 0 aromatic heterocycles. The van der Waals surface area contributed by atoms with E-state index in [9.17, 15) is 0 Å². The topological polar surface area (TPSA) is 24.7 Å². The first-order valence-corrected chi connectivity index (χ1v) is 5.84. The van der Waals surface area contributed by atoms with Gasteiger partial charge in [0.1, 0.15) is 6.34 Å². The zero-order valence-electron chi connectivity index (χ0n) is 9.13. The van der Waals surface area contributed by atoms with Gasteiger partial charge in [0.15, 0.2) is 0 Å². The lowest BCUT2D eigenvalue weighted by molar-refractivity contribution is 1.13. The molecule has 0 N–H and O–H groups in total. The van der Waals surface area contributed by atoms with Gasteiger partial charge in [-0.05, 0) is 24.1 Å². The predicted octanol–water partition coefficient (Wildman–Crippen LogP) is 3.50. The molecule has 0 rings (SSSR count). The molecule has 0 aliphatic carbocycles. The van der Waals surface area contributed by atoms with Crippen molar-refractivity contribution in [3.8, 4) is 0 Å². The number of aliphatic imine (C=N–C) groups is 2. The van der Waals surface area contributed by atoms with Crippen LogP contribution in [0.15, 0.2) is 46.7 Å². The van der Waals surface area contributed by atoms with Crippen LogP contribution in [-0.2, 0) is 0 Å². The van der Waals surface area contributed by atoms with Gasteiger partial charge in [0.05, 0.1) is 0 Å². The van der Waals surface area contributed by atoms with Crippen molar-refractivity contribution in [3.63, 3.8) is 0 Å². The van der Waals surface area contributed by atoms with Gasteiger partial charge in [-0.25, -0.2) is 4.99 Å². The van der Waals surface area contributed by atoms with Crippen molar-refractivity contribution in [1.82, 2.24) is 0 Å². The molecule has 0 fully saturated rings. The number of rotatable bonds is 7. The highest BCUT2D eigenvalue weighted by molar-refractivity contribution is 7.42. The smallest absolute Gasteiger partial charge is 0.109 e. The van der Waals surface area contributed by atoms with Crippen molar-refractivity contribution in [1.29, 1.82) is 0 Å². The SMILES string of the molecule is C=C/C=C(\C=P/C=C)C/C=N\C=N/CC. The first kappa shape index (κ1) is 13.7. The fourth-order valence-electron chi connectivity index (χ4n) is 0.798. The summed E-state index contributed by atoms with van der Waals surface area (Å²) in [5.74, 6) is 3.92. The zero-order chi connectivity index (χ0) is 11.4. The van der Waals surface area contributed by atoms with E-state index in [1.54, 1.807) is 12.4 Å². The van der Waals surface area contributed by atoms with Crippen molar-refractivity contribution >= 4 is 26.6 Å². The Morgan fingerprint density at radius 3 is 2.80 bits per heavy atom. The second-order valence-electron chi connectivity index (χ2n) is 2.59. The van der Waals surface area contributed by atoms with E-state index in [0.29, 0.717) is 0 Å². The van der Waals surface area contributed by atoms with Crippen LogP contribution in [0.5, 0.6) is 0 Å². The van der Waals surface area contributed by atoms with E-state index in [1.807, 2.05) is 25.0 Å². The molecule has 0 aromatic carbocycles. The highest BCUT2D eigenvalue weighted by Gasteiger charge is 1.86. The Morgan fingerprint density at radius 2 is 2.20 bits per heavy atom. The fraction of sp³-hybridized carbons (Fsp3) is 0.250. The number of hydrogen-bond acceptors (Lipinski definition) is 1. The molecule has 0 atom stereocenters. The number of hydrogen-bond donors (Lipinski definition) is 0. The molecular formula is C12H17N2P. The minimum Gasteiger partial charge on any atom is -0.274 e. The van der Waals surface area contributed by atoms with E-state index in [-0.39, 0.29) is 0 Å². The van der Waals surface area contributed by atoms with Crippen molar-refractivity contribution in [2.24, 2.45) is 9.98 Å². The van der Waals surface area contributed by atoms with Gasteiger partial charge in [0.25, 0.3) is 0 Å². The Balaban J connectivity index is 4.18. The van der Waals surface area contributed by atoms with Gasteiger partial charge < -0.3 is 0 Å². The molecule has 3 heteroatoms. The minimum absolute atomic E-state index is 0.772. The lowest BCUT2D eigenvalue weighted by atomic mass is 10.2. The van der Waals surface area contributed by atoms with Crippen molar-refractivity contribution in [2.75, 3.05) is 6.54 Å². The van der Waals surface area contributed by atoms with Gasteiger partial charge in [0.2, 0.25) is 0 Å². The molecule has 0 aliphatic rings. The van der Waals surface area contributed by atoms with Crippen LogP contribution in [0.1, 0.15) is 13.3 Å². The van der Waals surface area contributed by atoms with Crippen LogP contribution in [0, 0.1) is 0 Å². The van der Waals surface area contributed by atoms with Crippen molar-refractivity contribution in [3.05, 3.63) is 36.7 Å². The monoisotopic (exact) mass is 220 g/mol. The molecule has 80 valence electrons. The molecule has 0 spiro atoms. The van der Waals surface area contributed by atoms with Crippen LogP contribution < -0.4 is 0 Å². The van der Waals surface area contributed by atoms with Gasteiger partial charge in [-0.15, -0.1) is 0 Å². The van der Waals surface area contributed by atoms with Crippen LogP contribution >= 0.6 is 8.20 Å². The number of nitrogens with zero attached hydrogens (tertiary/aromatic N) is 2. The van der Waals surface area contributed by atoms with Crippen LogP contribution in [0.3, 0.4) is 0 Å². The summed E-state index contributed by atoms with van der Waals surface area (Å²) < 4.78 is 0. The van der Waals surface area contributed by atoms with E-state index >= 15 is 0 Å². The molecule has 0 saturated heterocycles. The Kier molecular flexibility index (Phi) is 9.89. The van der Waals surface area contributed by atoms with Gasteiger partial charge in [-0.2, -0.15) is 0 Å². The molecule has 0 aromatic rings. The first-order valence-electron chi connectivity index (χ1n) is 4.80. The zero-order valence-corrected chi connectivity index (χ0v) is 10.0. The maximum Gasteiger partial charge on any atom is 0.109 e. The average molecular weight is 220 g/mol. The summed E-state index contributed by atoms with van der Waals surface area (Å²) in [6.07, 6.45) is 7.96. The highest BCUT2D eigenvalue weighted by atomic mass is 31.1. The molecular weight excluding hydrogens is 203 g/mol. The maximum atomic E-state index is 4.05. The van der Waals surface area contributed by atoms with E-state index in [2.05, 4.69) is 28.9 Å². The molecule has 0 bridgehead atoms. The maximum absolute atomic E-state index is 4.05. The Morgan fingerprint density at radius 1 is 1.40 bits per heavy atom.